The lowest BCUT2D eigenvalue weighted by molar-refractivity contribution is -0.135. The zero-order chi connectivity index (χ0) is 22.9. The molecule has 1 aromatic carbocycles. The molecule has 2 bridgehead atoms. The number of rotatable bonds is 7. The molecule has 2 aromatic heterocycles. The van der Waals surface area contributed by atoms with Crippen molar-refractivity contribution < 1.29 is 13.6 Å². The fraction of sp³-hybridized carbons (Fsp3) is 0.500. The third-order valence-electron chi connectivity index (χ3n) is 6.85. The van der Waals surface area contributed by atoms with Gasteiger partial charge in [0.2, 0.25) is 5.91 Å². The number of halogens is 2. The number of hydrogen-bond acceptors (Lipinski definition) is 5. The molecule has 0 radical (unpaired) electrons. The maximum Gasteiger partial charge on any atom is 0.230 e. The van der Waals surface area contributed by atoms with Crippen molar-refractivity contribution in [1.82, 2.24) is 30.0 Å². The minimum absolute atomic E-state index is 0.0243. The van der Waals surface area contributed by atoms with Gasteiger partial charge in [0.15, 0.2) is 0 Å². The van der Waals surface area contributed by atoms with Crippen LogP contribution in [0.3, 0.4) is 0 Å². The van der Waals surface area contributed by atoms with Crippen LogP contribution in [0.4, 0.5) is 8.78 Å². The number of nitrogens with zero attached hydrogens (tertiary/aromatic N) is 5. The molecule has 2 aliphatic rings. The zero-order valence-corrected chi connectivity index (χ0v) is 18.6. The van der Waals surface area contributed by atoms with Gasteiger partial charge in [0.05, 0.1) is 24.2 Å². The van der Waals surface area contributed by atoms with Crippen LogP contribution in [0.1, 0.15) is 31.5 Å². The van der Waals surface area contributed by atoms with E-state index in [1.807, 2.05) is 42.5 Å². The Morgan fingerprint density at radius 2 is 1.91 bits per heavy atom. The highest BCUT2D eigenvalue weighted by atomic mass is 19.1. The van der Waals surface area contributed by atoms with Gasteiger partial charge < -0.3 is 10.2 Å². The van der Waals surface area contributed by atoms with Crippen LogP contribution < -0.4 is 5.32 Å². The molecule has 0 saturated carbocycles. The van der Waals surface area contributed by atoms with Gasteiger partial charge in [-0.1, -0.05) is 12.1 Å². The lowest BCUT2D eigenvalue weighted by atomic mass is 9.96. The maximum atomic E-state index is 13.2. The predicted octanol–water partition coefficient (Wildman–Crippen LogP) is 2.99. The Hall–Kier alpha value is -2.94. The Bertz CT molecular complexity index is 1130. The topological polar surface area (TPSA) is 75.9 Å². The van der Waals surface area contributed by atoms with Crippen LogP contribution in [0.15, 0.2) is 36.8 Å². The number of hydrogen-bond donors (Lipinski definition) is 1. The Balaban J connectivity index is 1.29. The normalized spacial score (nSPS) is 22.4. The Labute approximate surface area is 191 Å². The van der Waals surface area contributed by atoms with E-state index < -0.39 is 19.4 Å². The molecule has 9 heteroatoms. The smallest absolute Gasteiger partial charge is 0.230 e. The minimum Gasteiger partial charge on any atom is -0.336 e. The first kappa shape index (κ1) is 21.9. The molecule has 174 valence electrons. The van der Waals surface area contributed by atoms with Crippen molar-refractivity contribution in [3.8, 4) is 11.1 Å². The van der Waals surface area contributed by atoms with Crippen molar-refractivity contribution in [3.63, 3.8) is 0 Å². The van der Waals surface area contributed by atoms with Crippen LogP contribution in [-0.2, 0) is 18.3 Å². The van der Waals surface area contributed by atoms with Crippen LogP contribution in [0.2, 0.25) is 0 Å². The highest BCUT2D eigenvalue weighted by molar-refractivity contribution is 5.84. The third kappa shape index (κ3) is 4.46. The molecule has 0 spiro atoms. The highest BCUT2D eigenvalue weighted by Gasteiger charge is 2.43. The third-order valence-corrected chi connectivity index (χ3v) is 6.85. The molecule has 4 heterocycles. The number of fused-ring (bicyclic) bond motifs is 3. The molecule has 33 heavy (non-hydrogen) atoms. The highest BCUT2D eigenvalue weighted by Crippen LogP contribution is 2.36. The molecular formula is C24H28F2N6O. The molecule has 2 saturated heterocycles. The number of benzene rings is 1. The van der Waals surface area contributed by atoms with Gasteiger partial charge in [-0.15, -0.1) is 0 Å². The van der Waals surface area contributed by atoms with Crippen LogP contribution >= 0.6 is 0 Å². The average molecular weight is 455 g/mol. The Kier molecular flexibility index (Phi) is 6.05. The molecule has 0 aliphatic carbocycles. The van der Waals surface area contributed by atoms with E-state index in [0.717, 1.165) is 47.7 Å². The van der Waals surface area contributed by atoms with Gasteiger partial charge in [-0.25, -0.2) is 18.7 Å². The standard InChI is InChI=1S/C24H28F2N6O/c1-31-14-17(13-28-31)15-2-3-16-12-27-23(30-22(16)6-15)9-24(33)32-20-4-5-21(32)8-18(7-20)29-19(10-25)11-26/h2-3,6,12-14,18-21,29H,4-5,7-11H2,1H3/t18?,20-,21+. The monoisotopic (exact) mass is 454 g/mol. The minimum atomic E-state index is -0.751. The summed E-state index contributed by atoms with van der Waals surface area (Å²) >= 11 is 0. The largest absolute Gasteiger partial charge is 0.336 e. The van der Waals surface area contributed by atoms with Gasteiger partial charge in [-0.05, 0) is 37.3 Å². The van der Waals surface area contributed by atoms with Gasteiger partial charge in [0.25, 0.3) is 0 Å². The SMILES string of the molecule is Cn1cc(-c2ccc3cnc(CC(=O)N4[C@@H]5CC[C@H]4CC(NC(CF)CF)C5)nc3c2)cn1. The number of carbonyl (C=O) groups is 1. The van der Waals surface area contributed by atoms with E-state index in [1.165, 1.54) is 0 Å². The fourth-order valence-corrected chi connectivity index (χ4v) is 5.31. The average Bonchev–Trinajstić information content (AvgIpc) is 3.37. The van der Waals surface area contributed by atoms with Crippen LogP contribution in [0, 0.1) is 0 Å². The van der Waals surface area contributed by atoms with Crippen molar-refractivity contribution >= 4 is 16.8 Å². The summed E-state index contributed by atoms with van der Waals surface area (Å²) < 4.78 is 27.6. The first-order chi connectivity index (χ1) is 16.0. The van der Waals surface area contributed by atoms with Gasteiger partial charge in [0.1, 0.15) is 19.2 Å². The van der Waals surface area contributed by atoms with Crippen molar-refractivity contribution in [2.75, 3.05) is 13.3 Å². The molecule has 3 atom stereocenters. The number of amides is 1. The van der Waals surface area contributed by atoms with E-state index in [4.69, 9.17) is 0 Å². The van der Waals surface area contributed by atoms with Gasteiger partial charge in [0, 0.05) is 48.5 Å². The summed E-state index contributed by atoms with van der Waals surface area (Å²) in [5.74, 6) is 0.529. The van der Waals surface area contributed by atoms with E-state index in [0.29, 0.717) is 5.82 Å². The van der Waals surface area contributed by atoms with E-state index in [1.54, 1.807) is 10.9 Å². The fourth-order valence-electron chi connectivity index (χ4n) is 5.31. The van der Waals surface area contributed by atoms with Gasteiger partial charge in [-0.3, -0.25) is 9.48 Å². The van der Waals surface area contributed by atoms with Crippen molar-refractivity contribution in [1.29, 1.82) is 0 Å². The van der Waals surface area contributed by atoms with E-state index in [2.05, 4.69) is 20.4 Å². The summed E-state index contributed by atoms with van der Waals surface area (Å²) in [5.41, 5.74) is 2.81. The van der Waals surface area contributed by atoms with E-state index in [-0.39, 0.29) is 30.5 Å². The maximum absolute atomic E-state index is 13.2. The van der Waals surface area contributed by atoms with Crippen LogP contribution in [0.25, 0.3) is 22.0 Å². The number of aromatic nitrogens is 4. The molecule has 7 nitrogen and oxygen atoms in total. The second-order valence-corrected chi connectivity index (χ2v) is 9.17. The van der Waals surface area contributed by atoms with Crippen LogP contribution in [-0.4, -0.2) is 68.1 Å². The number of piperidine rings is 1. The lowest BCUT2D eigenvalue weighted by Crippen LogP contribution is -2.54. The summed E-state index contributed by atoms with van der Waals surface area (Å²) in [4.78, 5) is 24.3. The first-order valence-electron chi connectivity index (χ1n) is 11.5. The number of aryl methyl sites for hydroxylation is 1. The quantitative estimate of drug-likeness (QED) is 0.594. The van der Waals surface area contributed by atoms with Crippen molar-refractivity contribution in [2.24, 2.45) is 7.05 Å². The van der Waals surface area contributed by atoms with E-state index in [9.17, 15) is 13.6 Å². The predicted molar refractivity (Wildman–Crippen MR) is 121 cm³/mol. The summed E-state index contributed by atoms with van der Waals surface area (Å²) in [6, 6.07) is 5.49. The lowest BCUT2D eigenvalue weighted by Gasteiger charge is -2.40. The van der Waals surface area contributed by atoms with Gasteiger partial charge in [-0.2, -0.15) is 5.10 Å². The molecule has 2 aliphatic heterocycles. The number of alkyl halides is 2. The number of nitrogens with one attached hydrogen (secondary N) is 1. The summed E-state index contributed by atoms with van der Waals surface area (Å²) in [6.07, 6.45) is 8.98. The van der Waals surface area contributed by atoms with Gasteiger partial charge >= 0.3 is 0 Å². The zero-order valence-electron chi connectivity index (χ0n) is 18.6. The van der Waals surface area contributed by atoms with Crippen LogP contribution in [0.5, 0.6) is 0 Å². The molecule has 1 unspecified atom stereocenters. The second kappa shape index (κ2) is 9.13. The Morgan fingerprint density at radius 1 is 1.15 bits per heavy atom. The molecule has 1 N–H and O–H groups in total. The summed E-state index contributed by atoms with van der Waals surface area (Å²) in [5, 5.41) is 8.23. The summed E-state index contributed by atoms with van der Waals surface area (Å²) in [6.45, 7) is -1.43. The summed E-state index contributed by atoms with van der Waals surface area (Å²) in [7, 11) is 1.88. The molecule has 1 amide bonds. The molecule has 3 aromatic rings. The Morgan fingerprint density at radius 3 is 2.58 bits per heavy atom. The van der Waals surface area contributed by atoms with Crippen molar-refractivity contribution in [3.05, 3.63) is 42.6 Å². The molecule has 2 fully saturated rings. The number of carbonyl (C=O) groups excluding carboxylic acids is 1. The van der Waals surface area contributed by atoms with Crippen molar-refractivity contribution in [2.45, 2.75) is 56.3 Å². The van der Waals surface area contributed by atoms with E-state index >= 15 is 0 Å². The second-order valence-electron chi connectivity index (χ2n) is 9.17. The first-order valence-corrected chi connectivity index (χ1v) is 11.5. The molecule has 5 rings (SSSR count). The molecular weight excluding hydrogens is 426 g/mol.